The number of hydrogen-bond donors (Lipinski definition) is 0. The summed E-state index contributed by atoms with van der Waals surface area (Å²) in [5.41, 5.74) is 2.15. The maximum absolute atomic E-state index is 4.02. The molecule has 0 radical (unpaired) electrons. The van der Waals surface area contributed by atoms with Gasteiger partial charge in [0.25, 0.3) is 0 Å². The Morgan fingerprint density at radius 3 is 3.00 bits per heavy atom. The first-order valence-electron chi connectivity index (χ1n) is 1.16. The van der Waals surface area contributed by atoms with E-state index in [1.807, 2.05) is 0 Å². The van der Waals surface area contributed by atoms with E-state index >= 15 is 0 Å². The maximum Gasteiger partial charge on any atom is 0.0473 e. The van der Waals surface area contributed by atoms with Gasteiger partial charge >= 0.3 is 0 Å². The highest BCUT2D eigenvalue weighted by atomic mass is 31.8. The molecule has 0 aliphatic carbocycles. The van der Waals surface area contributed by atoms with Gasteiger partial charge < -0.3 is 0 Å². The summed E-state index contributed by atoms with van der Waals surface area (Å²) >= 11 is 0. The quantitative estimate of drug-likeness (QED) is 0.512. The summed E-state index contributed by atoms with van der Waals surface area (Å²) in [4.78, 5) is 0. The highest BCUT2D eigenvalue weighted by Crippen LogP contribution is 2.21. The van der Waals surface area contributed by atoms with Gasteiger partial charge in [-0.05, 0) is 15.9 Å². The third-order valence-electron chi connectivity index (χ3n) is 0.270. The average molecular weight is 121 g/mol. The first-order chi connectivity index (χ1) is 2.50. The van der Waals surface area contributed by atoms with E-state index < -0.39 is 0 Å². The molecular formula is CH2NP3. The van der Waals surface area contributed by atoms with Gasteiger partial charge in [0.1, 0.15) is 0 Å². The molecule has 0 aliphatic rings. The smallest absolute Gasteiger partial charge is 0.0473 e. The van der Waals surface area contributed by atoms with Crippen molar-refractivity contribution in [1.29, 1.82) is 0 Å². The molecule has 0 fully saturated rings. The van der Waals surface area contributed by atoms with Crippen LogP contribution in [0, 0.1) is 0 Å². The van der Waals surface area contributed by atoms with Crippen molar-refractivity contribution in [2.24, 2.45) is 0 Å². The zero-order valence-electron chi connectivity index (χ0n) is 2.42. The van der Waals surface area contributed by atoms with E-state index in [9.17, 15) is 0 Å². The molecular weight excluding hydrogens is 119 g/mol. The fourth-order valence-corrected chi connectivity index (χ4v) is 3.49. The SMILES string of the molecule is c1pn[pH]p1. The summed E-state index contributed by atoms with van der Waals surface area (Å²) in [5, 5.41) is 0. The van der Waals surface area contributed by atoms with Crippen LogP contribution in [0.25, 0.3) is 0 Å². The lowest BCUT2D eigenvalue weighted by atomic mass is 11.9. The molecule has 1 unspecified atom stereocenters. The molecule has 1 nitrogen and oxygen atoms in total. The van der Waals surface area contributed by atoms with Crippen molar-refractivity contribution in [2.45, 2.75) is 0 Å². The van der Waals surface area contributed by atoms with Crippen molar-refractivity contribution >= 4 is 24.2 Å². The van der Waals surface area contributed by atoms with Gasteiger partial charge in [-0.25, -0.2) is 4.51 Å². The van der Waals surface area contributed by atoms with E-state index in [1.165, 1.54) is 16.2 Å². The third kappa shape index (κ3) is 0.973. The second-order valence-corrected chi connectivity index (χ2v) is 4.35. The third-order valence-corrected chi connectivity index (χ3v) is 4.27. The molecule has 1 rings (SSSR count). The lowest BCUT2D eigenvalue weighted by Crippen LogP contribution is -1.12. The zero-order chi connectivity index (χ0) is 3.54. The zero-order valence-corrected chi connectivity index (χ0v) is 5.21. The molecule has 1 aromatic rings. The van der Waals surface area contributed by atoms with Crippen molar-refractivity contribution in [2.75, 3.05) is 0 Å². The molecule has 1 heterocycles. The first kappa shape index (κ1) is 3.75. The van der Waals surface area contributed by atoms with Crippen LogP contribution in [0.3, 0.4) is 0 Å². The Labute approximate surface area is 35.1 Å². The number of rotatable bonds is 0. The van der Waals surface area contributed by atoms with Gasteiger partial charge in [-0.15, -0.1) is 0 Å². The standard InChI is InChI=1S/CH2NP3/c1-3-2-5-4-1/h1,5H. The number of aromatic nitrogens is 1. The topological polar surface area (TPSA) is 12.9 Å². The van der Waals surface area contributed by atoms with Crippen LogP contribution in [-0.4, -0.2) is 4.51 Å². The second kappa shape index (κ2) is 1.88. The predicted molar refractivity (Wildman–Crippen MR) is 28.8 cm³/mol. The fraction of sp³-hybridized carbons (Fsp3) is 0. The van der Waals surface area contributed by atoms with E-state index in [1.54, 1.807) is 0 Å². The first-order valence-corrected chi connectivity index (χ1v) is 4.83. The molecule has 0 amide bonds. The summed E-state index contributed by atoms with van der Waals surface area (Å²) in [5.74, 6) is 0. The number of nitrogens with zero attached hydrogens (tertiary/aromatic N) is 1. The molecule has 0 spiro atoms. The van der Waals surface area contributed by atoms with Crippen LogP contribution < -0.4 is 0 Å². The molecule has 0 aliphatic heterocycles. The maximum atomic E-state index is 4.02. The summed E-state index contributed by atoms with van der Waals surface area (Å²) in [6.07, 6.45) is 0. The van der Waals surface area contributed by atoms with Crippen LogP contribution in [-0.2, 0) is 0 Å². The highest BCUT2D eigenvalue weighted by Gasteiger charge is 1.60. The van der Waals surface area contributed by atoms with Crippen LogP contribution >= 0.6 is 24.2 Å². The predicted octanol–water partition coefficient (Wildman–Crippen LogP) is 2.27. The van der Waals surface area contributed by atoms with Crippen molar-refractivity contribution in [3.05, 3.63) is 5.53 Å². The van der Waals surface area contributed by atoms with Gasteiger partial charge in [-0.1, -0.05) is 0 Å². The Bertz CT molecular complexity index is 63.4. The minimum absolute atomic E-state index is 0.838. The van der Waals surface area contributed by atoms with Crippen LogP contribution in [0.5, 0.6) is 0 Å². The van der Waals surface area contributed by atoms with Crippen molar-refractivity contribution in [3.63, 3.8) is 0 Å². The molecule has 4 heteroatoms. The molecule has 0 saturated carbocycles. The molecule has 1 atom stereocenters. The molecule has 5 heavy (non-hydrogen) atoms. The second-order valence-electron chi connectivity index (χ2n) is 0.560. The fourth-order valence-electron chi connectivity index (χ4n) is 0.129. The van der Waals surface area contributed by atoms with Gasteiger partial charge in [0.05, 0.1) is 0 Å². The van der Waals surface area contributed by atoms with E-state index in [2.05, 4.69) is 10.0 Å². The van der Waals surface area contributed by atoms with Gasteiger partial charge in [0, 0.05) is 13.9 Å². The van der Waals surface area contributed by atoms with Crippen LogP contribution in [0.15, 0.2) is 5.53 Å². The Kier molecular flexibility index (Phi) is 1.41. The van der Waals surface area contributed by atoms with Crippen LogP contribution in [0.4, 0.5) is 0 Å². The van der Waals surface area contributed by atoms with Crippen LogP contribution in [0.1, 0.15) is 0 Å². The molecule has 0 bridgehead atoms. The Morgan fingerprint density at radius 2 is 2.80 bits per heavy atom. The van der Waals surface area contributed by atoms with E-state index in [-0.39, 0.29) is 0 Å². The summed E-state index contributed by atoms with van der Waals surface area (Å²) in [6, 6.07) is 0. The molecule has 1 aromatic heterocycles. The number of hydrogen-bond acceptors (Lipinski definition) is 1. The largest absolute Gasteiger partial charge is 0.215 e. The van der Waals surface area contributed by atoms with Gasteiger partial charge in [0.15, 0.2) is 0 Å². The van der Waals surface area contributed by atoms with Crippen molar-refractivity contribution in [1.82, 2.24) is 4.51 Å². The molecule has 26 valence electrons. The average Bonchev–Trinajstić information content (AvgIpc) is 1.76. The van der Waals surface area contributed by atoms with Gasteiger partial charge in [-0.2, -0.15) is 0 Å². The Hall–Kier alpha value is 0.570. The highest BCUT2D eigenvalue weighted by molar-refractivity contribution is 7.92. The summed E-state index contributed by atoms with van der Waals surface area (Å²) < 4.78 is 4.02. The van der Waals surface area contributed by atoms with Gasteiger partial charge in [0.2, 0.25) is 0 Å². The minimum Gasteiger partial charge on any atom is -0.215 e. The molecule has 0 saturated heterocycles. The van der Waals surface area contributed by atoms with Crippen molar-refractivity contribution < 1.29 is 0 Å². The molecule has 0 aromatic carbocycles. The lowest BCUT2D eigenvalue weighted by Gasteiger charge is -1.41. The van der Waals surface area contributed by atoms with E-state index in [0.29, 0.717) is 0 Å². The Balaban J connectivity index is 3.13. The Morgan fingerprint density at radius 1 is 1.80 bits per heavy atom. The summed E-state index contributed by atoms with van der Waals surface area (Å²) in [6.45, 7) is 0. The summed E-state index contributed by atoms with van der Waals surface area (Å²) in [7, 11) is 3.44. The lowest BCUT2D eigenvalue weighted by molar-refractivity contribution is 1.92. The normalized spacial score (nSPS) is 12.8. The van der Waals surface area contributed by atoms with Crippen LogP contribution in [0.2, 0.25) is 0 Å². The monoisotopic (exact) mass is 121 g/mol. The van der Waals surface area contributed by atoms with E-state index in [0.717, 1.165) is 8.03 Å². The van der Waals surface area contributed by atoms with E-state index in [4.69, 9.17) is 0 Å². The van der Waals surface area contributed by atoms with Gasteiger partial charge in [-0.3, -0.25) is 0 Å². The molecule has 0 N–H and O–H groups in total. The van der Waals surface area contributed by atoms with Crippen molar-refractivity contribution in [3.8, 4) is 0 Å². The minimum atomic E-state index is 0.838.